The monoisotopic (exact) mass is 450 g/mol. The average molecular weight is 451 g/mol. The second-order valence-electron chi connectivity index (χ2n) is 7.81. The van der Waals surface area contributed by atoms with Crippen molar-refractivity contribution >= 4 is 35.2 Å². The van der Waals surface area contributed by atoms with Gasteiger partial charge in [0.1, 0.15) is 5.15 Å². The molecule has 6 nitrogen and oxygen atoms in total. The molecule has 166 valence electrons. The van der Waals surface area contributed by atoms with E-state index in [1.165, 1.54) is 6.08 Å². The normalized spacial score (nSPS) is 11.0. The number of anilines is 1. The van der Waals surface area contributed by atoms with E-state index in [4.69, 9.17) is 11.6 Å². The lowest BCUT2D eigenvalue weighted by atomic mass is 10.1. The molecule has 0 saturated carbocycles. The lowest BCUT2D eigenvalue weighted by Crippen LogP contribution is -2.32. The SMILES string of the molecule is Cc1cc(C)c(NC(=O)CNC(=O)/C=C/c2c(C)nn(Cc3ccccc3)c2Cl)c(C)c1. The Balaban J connectivity index is 1.58. The fourth-order valence-electron chi connectivity index (χ4n) is 3.56. The molecule has 0 saturated heterocycles. The van der Waals surface area contributed by atoms with Crippen LogP contribution in [0, 0.1) is 27.7 Å². The maximum Gasteiger partial charge on any atom is 0.244 e. The molecular weight excluding hydrogens is 424 g/mol. The number of halogens is 1. The molecule has 2 N–H and O–H groups in total. The molecule has 0 bridgehead atoms. The van der Waals surface area contributed by atoms with Gasteiger partial charge in [0.15, 0.2) is 0 Å². The smallest absolute Gasteiger partial charge is 0.244 e. The zero-order chi connectivity index (χ0) is 23.3. The third-order valence-corrected chi connectivity index (χ3v) is 5.45. The summed E-state index contributed by atoms with van der Waals surface area (Å²) in [6.45, 7) is 8.15. The van der Waals surface area contributed by atoms with Gasteiger partial charge >= 0.3 is 0 Å². The summed E-state index contributed by atoms with van der Waals surface area (Å²) in [6, 6.07) is 13.9. The summed E-state index contributed by atoms with van der Waals surface area (Å²) < 4.78 is 1.70. The Morgan fingerprint density at radius 3 is 2.38 bits per heavy atom. The van der Waals surface area contributed by atoms with Crippen molar-refractivity contribution in [3.8, 4) is 0 Å². The van der Waals surface area contributed by atoms with E-state index in [9.17, 15) is 9.59 Å². The standard InChI is InChI=1S/C25H27ClN4O2/c1-16-12-17(2)24(18(3)13-16)28-23(32)14-27-22(31)11-10-21-19(4)29-30(25(21)26)15-20-8-6-5-7-9-20/h5-13H,14-15H2,1-4H3,(H,27,31)(H,28,32)/b11-10+. The highest BCUT2D eigenvalue weighted by Crippen LogP contribution is 2.23. The molecule has 0 aliphatic heterocycles. The van der Waals surface area contributed by atoms with Crippen molar-refractivity contribution in [1.82, 2.24) is 15.1 Å². The average Bonchev–Trinajstić information content (AvgIpc) is 3.00. The van der Waals surface area contributed by atoms with E-state index in [1.54, 1.807) is 10.8 Å². The quantitative estimate of drug-likeness (QED) is 0.517. The predicted molar refractivity (Wildman–Crippen MR) is 129 cm³/mol. The Morgan fingerprint density at radius 1 is 1.06 bits per heavy atom. The summed E-state index contributed by atoms with van der Waals surface area (Å²) in [7, 11) is 0. The van der Waals surface area contributed by atoms with Crippen molar-refractivity contribution < 1.29 is 9.59 Å². The number of rotatable bonds is 7. The van der Waals surface area contributed by atoms with Crippen LogP contribution in [0.1, 0.15) is 33.5 Å². The zero-order valence-corrected chi connectivity index (χ0v) is 19.5. The number of carbonyl (C=O) groups excluding carboxylic acids is 2. The van der Waals surface area contributed by atoms with Crippen LogP contribution in [0.25, 0.3) is 6.08 Å². The van der Waals surface area contributed by atoms with Gasteiger partial charge < -0.3 is 10.6 Å². The summed E-state index contributed by atoms with van der Waals surface area (Å²) in [6.07, 6.45) is 2.98. The minimum absolute atomic E-state index is 0.129. The van der Waals surface area contributed by atoms with Gasteiger partial charge in [0.25, 0.3) is 0 Å². The molecule has 0 aliphatic carbocycles. The van der Waals surface area contributed by atoms with Gasteiger partial charge in [-0.05, 0) is 50.5 Å². The number of hydrogen-bond acceptors (Lipinski definition) is 3. The summed E-state index contributed by atoms with van der Waals surface area (Å²) in [5, 5.41) is 10.4. The maximum absolute atomic E-state index is 12.3. The Hall–Kier alpha value is -3.38. The Kier molecular flexibility index (Phi) is 7.49. The summed E-state index contributed by atoms with van der Waals surface area (Å²) in [5.41, 5.74) is 6.36. The summed E-state index contributed by atoms with van der Waals surface area (Å²) in [4.78, 5) is 24.5. The van der Waals surface area contributed by atoms with Crippen molar-refractivity contribution in [2.45, 2.75) is 34.2 Å². The molecule has 3 aromatic rings. The first-order valence-corrected chi connectivity index (χ1v) is 10.7. The number of carbonyl (C=O) groups is 2. The second-order valence-corrected chi connectivity index (χ2v) is 8.16. The first kappa shape index (κ1) is 23.3. The predicted octanol–water partition coefficient (Wildman–Crippen LogP) is 4.59. The topological polar surface area (TPSA) is 76.0 Å². The van der Waals surface area contributed by atoms with Crippen LogP contribution in [0.3, 0.4) is 0 Å². The second kappa shape index (κ2) is 10.3. The minimum Gasteiger partial charge on any atom is -0.343 e. The Labute approximate surface area is 193 Å². The van der Waals surface area contributed by atoms with Gasteiger partial charge in [0, 0.05) is 17.3 Å². The lowest BCUT2D eigenvalue weighted by molar-refractivity contribution is -0.121. The van der Waals surface area contributed by atoms with Crippen LogP contribution in [-0.4, -0.2) is 28.1 Å². The van der Waals surface area contributed by atoms with E-state index in [-0.39, 0.29) is 18.4 Å². The van der Waals surface area contributed by atoms with E-state index in [1.807, 2.05) is 70.2 Å². The number of benzene rings is 2. The fourth-order valence-corrected chi connectivity index (χ4v) is 3.86. The van der Waals surface area contributed by atoms with Crippen LogP contribution in [-0.2, 0) is 16.1 Å². The molecule has 1 aromatic heterocycles. The Bertz CT molecular complexity index is 1140. The van der Waals surface area contributed by atoms with Gasteiger partial charge in [-0.2, -0.15) is 5.10 Å². The summed E-state index contributed by atoms with van der Waals surface area (Å²) in [5.74, 6) is -0.671. The molecule has 3 rings (SSSR count). The van der Waals surface area contributed by atoms with E-state index in [0.717, 1.165) is 33.6 Å². The van der Waals surface area contributed by atoms with E-state index < -0.39 is 0 Å². The van der Waals surface area contributed by atoms with Crippen molar-refractivity contribution in [3.63, 3.8) is 0 Å². The molecule has 32 heavy (non-hydrogen) atoms. The molecule has 0 unspecified atom stereocenters. The Morgan fingerprint density at radius 2 is 1.72 bits per heavy atom. The lowest BCUT2D eigenvalue weighted by Gasteiger charge is -2.13. The first-order valence-electron chi connectivity index (χ1n) is 10.3. The highest BCUT2D eigenvalue weighted by molar-refractivity contribution is 6.31. The molecular formula is C25H27ClN4O2. The van der Waals surface area contributed by atoms with E-state index >= 15 is 0 Å². The molecule has 0 atom stereocenters. The number of aromatic nitrogens is 2. The van der Waals surface area contributed by atoms with E-state index in [0.29, 0.717) is 17.3 Å². The van der Waals surface area contributed by atoms with Crippen molar-refractivity contribution in [1.29, 1.82) is 0 Å². The van der Waals surface area contributed by atoms with Crippen LogP contribution in [0.15, 0.2) is 48.5 Å². The van der Waals surface area contributed by atoms with Gasteiger partial charge in [-0.25, -0.2) is 4.68 Å². The van der Waals surface area contributed by atoms with Crippen molar-refractivity contribution in [2.24, 2.45) is 0 Å². The van der Waals surface area contributed by atoms with Crippen molar-refractivity contribution in [3.05, 3.63) is 87.2 Å². The molecule has 2 aromatic carbocycles. The van der Waals surface area contributed by atoms with Crippen LogP contribution >= 0.6 is 11.6 Å². The molecule has 0 radical (unpaired) electrons. The van der Waals surface area contributed by atoms with Gasteiger partial charge in [0.05, 0.1) is 18.8 Å². The number of aryl methyl sites for hydroxylation is 4. The largest absolute Gasteiger partial charge is 0.343 e. The first-order chi connectivity index (χ1) is 15.2. The minimum atomic E-state index is -0.385. The zero-order valence-electron chi connectivity index (χ0n) is 18.7. The number of nitrogens with one attached hydrogen (secondary N) is 2. The number of nitrogens with zero attached hydrogens (tertiary/aromatic N) is 2. The maximum atomic E-state index is 12.3. The highest BCUT2D eigenvalue weighted by atomic mass is 35.5. The van der Waals surface area contributed by atoms with Crippen molar-refractivity contribution in [2.75, 3.05) is 11.9 Å². The third kappa shape index (κ3) is 5.86. The van der Waals surface area contributed by atoms with Gasteiger partial charge in [-0.15, -0.1) is 0 Å². The number of amides is 2. The molecule has 7 heteroatoms. The van der Waals surface area contributed by atoms with Crippen LogP contribution in [0.5, 0.6) is 0 Å². The molecule has 0 spiro atoms. The van der Waals surface area contributed by atoms with Crippen LogP contribution < -0.4 is 10.6 Å². The molecule has 0 aliphatic rings. The van der Waals surface area contributed by atoms with E-state index in [2.05, 4.69) is 15.7 Å². The van der Waals surface area contributed by atoms with Gasteiger partial charge in [-0.3, -0.25) is 9.59 Å². The van der Waals surface area contributed by atoms with Crippen LogP contribution in [0.4, 0.5) is 5.69 Å². The van der Waals surface area contributed by atoms with Gasteiger partial charge in [-0.1, -0.05) is 59.6 Å². The molecule has 1 heterocycles. The fraction of sp³-hybridized carbons (Fsp3) is 0.240. The number of hydrogen-bond donors (Lipinski definition) is 2. The molecule has 0 fully saturated rings. The highest BCUT2D eigenvalue weighted by Gasteiger charge is 2.12. The summed E-state index contributed by atoms with van der Waals surface area (Å²) >= 11 is 6.47. The van der Waals surface area contributed by atoms with Crippen LogP contribution in [0.2, 0.25) is 5.15 Å². The molecule has 2 amide bonds. The van der Waals surface area contributed by atoms with Gasteiger partial charge in [0.2, 0.25) is 11.8 Å². The third-order valence-electron chi connectivity index (χ3n) is 5.05.